The molecule has 1 rings (SSSR count). The Morgan fingerprint density at radius 2 is 1.50 bits per heavy atom. The zero-order chi connectivity index (χ0) is 22.0. The summed E-state index contributed by atoms with van der Waals surface area (Å²) in [6.45, 7) is 7.11. The highest BCUT2D eigenvalue weighted by atomic mass is 32.1. The molecular weight excluding hydrogens is 392 g/mol. The first kappa shape index (κ1) is 26.4. The fourth-order valence-electron chi connectivity index (χ4n) is 3.24. The van der Waals surface area contributed by atoms with E-state index in [1.165, 1.54) is 57.8 Å². The molecule has 0 heterocycles. The van der Waals surface area contributed by atoms with Crippen molar-refractivity contribution in [2.24, 2.45) is 5.92 Å². The molecule has 170 valence electrons. The van der Waals surface area contributed by atoms with Gasteiger partial charge >= 0.3 is 0 Å². The molecule has 0 radical (unpaired) electrons. The van der Waals surface area contributed by atoms with Gasteiger partial charge in [0.2, 0.25) is 5.91 Å². The van der Waals surface area contributed by atoms with Crippen LogP contribution in [0.5, 0.6) is 5.75 Å². The average Bonchev–Trinajstić information content (AvgIpc) is 2.71. The van der Waals surface area contributed by atoms with Gasteiger partial charge in [-0.25, -0.2) is 0 Å². The molecule has 1 amide bonds. The van der Waals surface area contributed by atoms with E-state index in [2.05, 4.69) is 31.4 Å². The van der Waals surface area contributed by atoms with Gasteiger partial charge in [-0.05, 0) is 36.7 Å². The van der Waals surface area contributed by atoms with Gasteiger partial charge in [0.05, 0.1) is 12.3 Å². The average molecular weight is 435 g/mol. The first-order chi connectivity index (χ1) is 14.5. The Kier molecular flexibility index (Phi) is 15.1. The van der Waals surface area contributed by atoms with E-state index >= 15 is 0 Å². The number of ether oxygens (including phenoxy) is 1. The lowest BCUT2D eigenvalue weighted by Crippen LogP contribution is -2.34. The van der Waals surface area contributed by atoms with Crippen LogP contribution in [0.25, 0.3) is 0 Å². The van der Waals surface area contributed by atoms with E-state index < -0.39 is 0 Å². The molecule has 0 saturated heterocycles. The molecule has 1 aromatic carbocycles. The molecule has 0 aromatic heterocycles. The molecule has 0 aliphatic rings. The number of hydrogen-bond donors (Lipinski definition) is 2. The van der Waals surface area contributed by atoms with Crippen LogP contribution in [0.15, 0.2) is 24.3 Å². The molecule has 1 aromatic rings. The Morgan fingerprint density at radius 3 is 2.10 bits per heavy atom. The van der Waals surface area contributed by atoms with Gasteiger partial charge in [0.1, 0.15) is 5.75 Å². The number of thiocarbonyl (C=S) groups is 1. The van der Waals surface area contributed by atoms with E-state index in [0.29, 0.717) is 24.1 Å². The number of benzene rings is 1. The van der Waals surface area contributed by atoms with Crippen LogP contribution < -0.4 is 15.4 Å². The summed E-state index contributed by atoms with van der Waals surface area (Å²) in [5.41, 5.74) is 0.776. The molecule has 2 N–H and O–H groups in total. The minimum atomic E-state index is -0.0241. The van der Waals surface area contributed by atoms with E-state index in [4.69, 9.17) is 17.0 Å². The topological polar surface area (TPSA) is 50.4 Å². The maximum atomic E-state index is 12.1. The van der Waals surface area contributed by atoms with E-state index in [1.54, 1.807) is 0 Å². The number of unbranched alkanes of at least 4 members (excludes halogenated alkanes) is 10. The van der Waals surface area contributed by atoms with E-state index in [1.807, 2.05) is 24.3 Å². The largest absolute Gasteiger partial charge is 0.491 e. The van der Waals surface area contributed by atoms with Crippen LogP contribution in [0, 0.1) is 5.92 Å². The Morgan fingerprint density at radius 1 is 0.933 bits per heavy atom. The maximum absolute atomic E-state index is 12.1. The number of anilines is 1. The van der Waals surface area contributed by atoms with Crippen molar-refractivity contribution in [3.05, 3.63) is 24.3 Å². The maximum Gasteiger partial charge on any atom is 0.226 e. The number of rotatable bonds is 16. The van der Waals surface area contributed by atoms with Crippen LogP contribution in [-0.4, -0.2) is 17.6 Å². The van der Waals surface area contributed by atoms with Gasteiger partial charge in [0.15, 0.2) is 5.11 Å². The SMILES string of the molecule is CCCCCCCCCCCCCC(=O)NC(=S)Nc1ccccc1OCC(C)C. The summed E-state index contributed by atoms with van der Waals surface area (Å²) in [5.74, 6) is 1.16. The third-order valence-electron chi connectivity index (χ3n) is 4.97. The summed E-state index contributed by atoms with van der Waals surface area (Å²) in [7, 11) is 0. The molecule has 0 bridgehead atoms. The second-order valence-electron chi connectivity index (χ2n) is 8.49. The van der Waals surface area contributed by atoms with E-state index in [-0.39, 0.29) is 5.91 Å². The van der Waals surface area contributed by atoms with Crippen molar-refractivity contribution in [1.29, 1.82) is 0 Å². The number of para-hydroxylation sites is 2. The number of nitrogens with one attached hydrogen (secondary N) is 2. The van der Waals surface area contributed by atoms with E-state index in [9.17, 15) is 4.79 Å². The highest BCUT2D eigenvalue weighted by Gasteiger charge is 2.08. The van der Waals surface area contributed by atoms with E-state index in [0.717, 1.165) is 24.3 Å². The number of carbonyl (C=O) groups excluding carboxylic acids is 1. The summed E-state index contributed by atoms with van der Waals surface area (Å²) < 4.78 is 5.81. The summed E-state index contributed by atoms with van der Waals surface area (Å²) in [6.07, 6.45) is 14.5. The molecule has 0 saturated carbocycles. The van der Waals surface area contributed by atoms with Crippen LogP contribution in [0.3, 0.4) is 0 Å². The van der Waals surface area contributed by atoms with Crippen molar-refractivity contribution in [2.75, 3.05) is 11.9 Å². The zero-order valence-corrected chi connectivity index (χ0v) is 20.1. The van der Waals surface area contributed by atoms with Gasteiger partial charge in [-0.1, -0.05) is 97.1 Å². The molecule has 0 fully saturated rings. The standard InChI is InChI=1S/C25H42N2O2S/c1-4-5-6-7-8-9-10-11-12-13-14-19-24(28)27-25(30)26-22-17-15-16-18-23(22)29-20-21(2)3/h15-18,21H,4-14,19-20H2,1-3H3,(H2,26,27,28,30). The highest BCUT2D eigenvalue weighted by Crippen LogP contribution is 2.24. The first-order valence-corrected chi connectivity index (χ1v) is 12.3. The third-order valence-corrected chi connectivity index (χ3v) is 5.17. The fourth-order valence-corrected chi connectivity index (χ4v) is 3.47. The molecule has 0 spiro atoms. The second kappa shape index (κ2) is 17.1. The van der Waals surface area contributed by atoms with Crippen molar-refractivity contribution < 1.29 is 9.53 Å². The number of amides is 1. The van der Waals surface area contributed by atoms with Crippen LogP contribution in [0.4, 0.5) is 5.69 Å². The number of carbonyl (C=O) groups is 1. The summed E-state index contributed by atoms with van der Waals surface area (Å²) in [6, 6.07) is 7.65. The minimum absolute atomic E-state index is 0.0241. The summed E-state index contributed by atoms with van der Waals surface area (Å²) in [5, 5.41) is 6.19. The molecule has 30 heavy (non-hydrogen) atoms. The lowest BCUT2D eigenvalue weighted by Gasteiger charge is -2.15. The normalized spacial score (nSPS) is 10.8. The Bertz CT molecular complexity index is 605. The van der Waals surface area contributed by atoms with Gasteiger partial charge in [-0.2, -0.15) is 0 Å². The van der Waals surface area contributed by atoms with Gasteiger partial charge < -0.3 is 15.4 Å². The lowest BCUT2D eigenvalue weighted by atomic mass is 10.1. The Hall–Kier alpha value is -1.62. The van der Waals surface area contributed by atoms with Gasteiger partial charge in [0.25, 0.3) is 0 Å². The number of hydrogen-bond acceptors (Lipinski definition) is 3. The van der Waals surface area contributed by atoms with Crippen molar-refractivity contribution in [1.82, 2.24) is 5.32 Å². The van der Waals surface area contributed by atoms with Crippen molar-refractivity contribution in [2.45, 2.75) is 97.8 Å². The van der Waals surface area contributed by atoms with Crippen LogP contribution in [0.2, 0.25) is 0 Å². The molecule has 0 aliphatic carbocycles. The molecule has 0 unspecified atom stereocenters. The first-order valence-electron chi connectivity index (χ1n) is 11.9. The van der Waals surface area contributed by atoms with Crippen molar-refractivity contribution >= 4 is 28.9 Å². The van der Waals surface area contributed by atoms with Crippen LogP contribution >= 0.6 is 12.2 Å². The Labute approximate surface area is 189 Å². The van der Waals surface area contributed by atoms with Crippen LogP contribution in [-0.2, 0) is 4.79 Å². The molecule has 0 aliphatic heterocycles. The quantitative estimate of drug-likeness (QED) is 0.213. The zero-order valence-electron chi connectivity index (χ0n) is 19.3. The second-order valence-corrected chi connectivity index (χ2v) is 8.90. The third kappa shape index (κ3) is 13.6. The molecule has 5 heteroatoms. The Balaban J connectivity index is 2.13. The predicted molar refractivity (Wildman–Crippen MR) is 132 cm³/mol. The molecule has 4 nitrogen and oxygen atoms in total. The van der Waals surface area contributed by atoms with Gasteiger partial charge in [-0.3, -0.25) is 4.79 Å². The minimum Gasteiger partial charge on any atom is -0.491 e. The van der Waals surface area contributed by atoms with Gasteiger partial charge in [-0.15, -0.1) is 0 Å². The monoisotopic (exact) mass is 434 g/mol. The van der Waals surface area contributed by atoms with Crippen molar-refractivity contribution in [3.8, 4) is 5.75 Å². The molecule has 0 atom stereocenters. The lowest BCUT2D eigenvalue weighted by molar-refractivity contribution is -0.119. The molecular formula is C25H42N2O2S. The summed E-state index contributed by atoms with van der Waals surface area (Å²) in [4.78, 5) is 12.1. The van der Waals surface area contributed by atoms with Crippen molar-refractivity contribution in [3.63, 3.8) is 0 Å². The van der Waals surface area contributed by atoms with Crippen LogP contribution in [0.1, 0.15) is 97.8 Å². The van der Waals surface area contributed by atoms with Gasteiger partial charge in [0, 0.05) is 6.42 Å². The fraction of sp³-hybridized carbons (Fsp3) is 0.680. The smallest absolute Gasteiger partial charge is 0.226 e. The predicted octanol–water partition coefficient (Wildman–Crippen LogP) is 7.24. The highest BCUT2D eigenvalue weighted by molar-refractivity contribution is 7.80. The summed E-state index contributed by atoms with van der Waals surface area (Å²) >= 11 is 5.30.